The van der Waals surface area contributed by atoms with E-state index in [1.165, 1.54) is 33.6 Å². The lowest BCUT2D eigenvalue weighted by Gasteiger charge is -2.25. The van der Waals surface area contributed by atoms with E-state index in [2.05, 4.69) is 36.0 Å². The Balaban J connectivity index is 1.57. The average Bonchev–Trinajstić information content (AvgIpc) is 2.91. The van der Waals surface area contributed by atoms with Gasteiger partial charge in [-0.3, -0.25) is 4.79 Å². The number of benzene rings is 2. The molecular formula is C22H25FN2O2S. The van der Waals surface area contributed by atoms with Crippen LogP contribution in [0.25, 0.3) is 10.9 Å². The number of aryl methyl sites for hydroxylation is 1. The standard InChI is InChI=1S/C22H25FN2O2S/c1-15-20(16-9-5-7-11-18(16)25(15)4)28-14-13-24-21(26)22(2,3)27-19-12-8-6-10-17(19)23/h5-12H,13-14H2,1-4H3,(H,24,26). The Morgan fingerprint density at radius 1 is 1.18 bits per heavy atom. The summed E-state index contributed by atoms with van der Waals surface area (Å²) < 4.78 is 21.6. The van der Waals surface area contributed by atoms with Crippen molar-refractivity contribution in [3.05, 3.63) is 60.0 Å². The number of rotatable bonds is 7. The fourth-order valence-corrected chi connectivity index (χ4v) is 4.13. The molecular weight excluding hydrogens is 375 g/mol. The van der Waals surface area contributed by atoms with Gasteiger partial charge in [0.15, 0.2) is 17.2 Å². The van der Waals surface area contributed by atoms with Gasteiger partial charge in [0.1, 0.15) is 0 Å². The van der Waals surface area contributed by atoms with Gasteiger partial charge in [0.2, 0.25) is 0 Å². The van der Waals surface area contributed by atoms with Gasteiger partial charge in [0, 0.05) is 40.8 Å². The normalized spacial score (nSPS) is 11.6. The molecule has 6 heteroatoms. The van der Waals surface area contributed by atoms with Crippen molar-refractivity contribution in [3.63, 3.8) is 0 Å². The van der Waals surface area contributed by atoms with Gasteiger partial charge in [-0.05, 0) is 39.0 Å². The molecule has 148 valence electrons. The predicted octanol–water partition coefficient (Wildman–Crippen LogP) is 4.69. The van der Waals surface area contributed by atoms with Crippen LogP contribution in [0.15, 0.2) is 53.4 Å². The van der Waals surface area contributed by atoms with E-state index in [4.69, 9.17) is 4.74 Å². The van der Waals surface area contributed by atoms with Crippen LogP contribution >= 0.6 is 11.8 Å². The first-order chi connectivity index (χ1) is 13.3. The van der Waals surface area contributed by atoms with Gasteiger partial charge >= 0.3 is 0 Å². The Labute approximate surface area is 169 Å². The zero-order valence-electron chi connectivity index (χ0n) is 16.6. The number of hydrogen-bond acceptors (Lipinski definition) is 3. The third kappa shape index (κ3) is 4.17. The molecule has 1 N–H and O–H groups in total. The molecule has 3 aromatic rings. The fraction of sp³-hybridized carbons (Fsp3) is 0.318. The van der Waals surface area contributed by atoms with E-state index < -0.39 is 11.4 Å². The highest BCUT2D eigenvalue weighted by Gasteiger charge is 2.30. The van der Waals surface area contributed by atoms with Gasteiger partial charge in [0.05, 0.1) is 0 Å². The Morgan fingerprint density at radius 2 is 1.86 bits per heavy atom. The van der Waals surface area contributed by atoms with Crippen LogP contribution in [0.2, 0.25) is 0 Å². The molecule has 0 aliphatic carbocycles. The highest BCUT2D eigenvalue weighted by Crippen LogP contribution is 2.33. The molecule has 28 heavy (non-hydrogen) atoms. The lowest BCUT2D eigenvalue weighted by atomic mass is 10.1. The summed E-state index contributed by atoms with van der Waals surface area (Å²) in [5.41, 5.74) is 1.24. The van der Waals surface area contributed by atoms with Crippen LogP contribution < -0.4 is 10.1 Å². The maximum atomic E-state index is 13.8. The molecule has 1 amide bonds. The van der Waals surface area contributed by atoms with E-state index in [9.17, 15) is 9.18 Å². The second-order valence-electron chi connectivity index (χ2n) is 7.14. The first kappa shape index (κ1) is 20.3. The van der Waals surface area contributed by atoms with Crippen LogP contribution in [-0.4, -0.2) is 28.4 Å². The number of carbonyl (C=O) groups excluding carboxylic acids is 1. The molecule has 0 aliphatic heterocycles. The predicted molar refractivity (Wildman–Crippen MR) is 112 cm³/mol. The Hall–Kier alpha value is -2.47. The zero-order chi connectivity index (χ0) is 20.3. The van der Waals surface area contributed by atoms with Crippen molar-refractivity contribution in [2.45, 2.75) is 31.3 Å². The number of aromatic nitrogens is 1. The second-order valence-corrected chi connectivity index (χ2v) is 8.24. The number of carbonyl (C=O) groups is 1. The Morgan fingerprint density at radius 3 is 2.61 bits per heavy atom. The van der Waals surface area contributed by atoms with Gasteiger partial charge in [-0.1, -0.05) is 30.3 Å². The molecule has 0 atom stereocenters. The monoisotopic (exact) mass is 400 g/mol. The van der Waals surface area contributed by atoms with Crippen LogP contribution in [0.3, 0.4) is 0 Å². The van der Waals surface area contributed by atoms with Crippen LogP contribution in [0.5, 0.6) is 5.75 Å². The number of hydrogen-bond donors (Lipinski definition) is 1. The molecule has 2 aromatic carbocycles. The minimum absolute atomic E-state index is 0.0726. The molecule has 0 aliphatic rings. The fourth-order valence-electron chi connectivity index (χ4n) is 3.05. The van der Waals surface area contributed by atoms with E-state index >= 15 is 0 Å². The van der Waals surface area contributed by atoms with Gasteiger partial charge in [-0.25, -0.2) is 4.39 Å². The molecule has 4 nitrogen and oxygen atoms in total. The maximum absolute atomic E-state index is 13.8. The summed E-state index contributed by atoms with van der Waals surface area (Å²) in [6, 6.07) is 14.4. The SMILES string of the molecule is Cc1c(SCCNC(=O)C(C)(C)Oc2ccccc2F)c2ccccc2n1C. The van der Waals surface area contributed by atoms with Crippen molar-refractivity contribution in [2.24, 2.45) is 7.05 Å². The topological polar surface area (TPSA) is 43.3 Å². The van der Waals surface area contributed by atoms with Crippen LogP contribution in [0.4, 0.5) is 4.39 Å². The smallest absolute Gasteiger partial charge is 0.263 e. The number of nitrogens with one attached hydrogen (secondary N) is 1. The largest absolute Gasteiger partial charge is 0.475 e. The van der Waals surface area contributed by atoms with Gasteiger partial charge in [0.25, 0.3) is 5.91 Å². The van der Waals surface area contributed by atoms with Crippen molar-refractivity contribution in [1.29, 1.82) is 0 Å². The molecule has 0 saturated heterocycles. The number of thioether (sulfide) groups is 1. The summed E-state index contributed by atoms with van der Waals surface area (Å²) in [6.07, 6.45) is 0. The minimum Gasteiger partial charge on any atom is -0.475 e. The molecule has 0 radical (unpaired) electrons. The van der Waals surface area contributed by atoms with E-state index in [-0.39, 0.29) is 11.7 Å². The summed E-state index contributed by atoms with van der Waals surface area (Å²) in [6.45, 7) is 5.87. The zero-order valence-corrected chi connectivity index (χ0v) is 17.4. The molecule has 1 heterocycles. The number of fused-ring (bicyclic) bond motifs is 1. The average molecular weight is 401 g/mol. The Kier molecular flexibility index (Phi) is 5.98. The van der Waals surface area contributed by atoms with E-state index in [0.29, 0.717) is 6.54 Å². The molecule has 0 saturated carbocycles. The van der Waals surface area contributed by atoms with Crippen molar-refractivity contribution < 1.29 is 13.9 Å². The van der Waals surface area contributed by atoms with Crippen molar-refractivity contribution in [3.8, 4) is 5.75 Å². The molecule has 0 fully saturated rings. The maximum Gasteiger partial charge on any atom is 0.263 e. The minimum atomic E-state index is -1.16. The van der Waals surface area contributed by atoms with E-state index in [1.54, 1.807) is 37.7 Å². The number of ether oxygens (including phenoxy) is 1. The van der Waals surface area contributed by atoms with Gasteiger partial charge < -0.3 is 14.6 Å². The lowest BCUT2D eigenvalue weighted by molar-refractivity contribution is -0.134. The first-order valence-corrected chi connectivity index (χ1v) is 10.2. The van der Waals surface area contributed by atoms with Crippen molar-refractivity contribution in [1.82, 2.24) is 9.88 Å². The summed E-state index contributed by atoms with van der Waals surface area (Å²) in [4.78, 5) is 13.7. The van der Waals surface area contributed by atoms with Crippen LogP contribution in [-0.2, 0) is 11.8 Å². The summed E-state index contributed by atoms with van der Waals surface area (Å²) in [7, 11) is 2.06. The van der Waals surface area contributed by atoms with Crippen LogP contribution in [0.1, 0.15) is 19.5 Å². The third-order valence-electron chi connectivity index (χ3n) is 4.72. The third-order valence-corrected chi connectivity index (χ3v) is 5.94. The molecule has 0 unspecified atom stereocenters. The molecule has 3 rings (SSSR count). The first-order valence-electron chi connectivity index (χ1n) is 9.20. The number of para-hydroxylation sites is 2. The highest BCUT2D eigenvalue weighted by atomic mass is 32.2. The quantitative estimate of drug-likeness (QED) is 0.462. The number of halogens is 1. The number of amides is 1. The van der Waals surface area contributed by atoms with Gasteiger partial charge in [-0.15, -0.1) is 11.8 Å². The van der Waals surface area contributed by atoms with Crippen molar-refractivity contribution in [2.75, 3.05) is 12.3 Å². The van der Waals surface area contributed by atoms with Gasteiger partial charge in [-0.2, -0.15) is 0 Å². The molecule has 0 bridgehead atoms. The van der Waals surface area contributed by atoms with Crippen LogP contribution in [0, 0.1) is 12.7 Å². The van der Waals surface area contributed by atoms with Crippen molar-refractivity contribution >= 4 is 28.6 Å². The molecule has 0 spiro atoms. The summed E-state index contributed by atoms with van der Waals surface area (Å²) in [5.74, 6) is 0.0517. The van der Waals surface area contributed by atoms with E-state index in [1.807, 2.05) is 12.1 Å². The van der Waals surface area contributed by atoms with E-state index in [0.717, 1.165) is 5.75 Å². The summed E-state index contributed by atoms with van der Waals surface area (Å²) in [5, 5.41) is 4.12. The highest BCUT2D eigenvalue weighted by molar-refractivity contribution is 7.99. The molecule has 1 aromatic heterocycles. The summed E-state index contributed by atoms with van der Waals surface area (Å²) >= 11 is 1.72. The second kappa shape index (κ2) is 8.27. The Bertz CT molecular complexity index is 997. The lowest BCUT2D eigenvalue weighted by Crippen LogP contribution is -2.47. The number of nitrogens with zero attached hydrogens (tertiary/aromatic N) is 1.